The quantitative estimate of drug-likeness (QED) is 0.661. The fraction of sp³-hybridized carbons (Fsp3) is 0.538. The summed E-state index contributed by atoms with van der Waals surface area (Å²) in [5.41, 5.74) is 0.844. The van der Waals surface area contributed by atoms with Gasteiger partial charge in [-0.1, -0.05) is 0 Å². The Morgan fingerprint density at radius 1 is 1.18 bits per heavy atom. The van der Waals surface area contributed by atoms with Gasteiger partial charge in [-0.25, -0.2) is 8.42 Å². The zero-order chi connectivity index (χ0) is 15.6. The van der Waals surface area contributed by atoms with Crippen molar-refractivity contribution in [1.82, 2.24) is 9.62 Å². The molecule has 22 heavy (non-hydrogen) atoms. The molecule has 1 aromatic rings. The van der Waals surface area contributed by atoms with Crippen molar-refractivity contribution in [1.29, 1.82) is 0 Å². The molecule has 0 radical (unpaired) electrons. The van der Waals surface area contributed by atoms with Crippen LogP contribution in [0.15, 0.2) is 17.0 Å². The lowest BCUT2D eigenvalue weighted by molar-refractivity contribution is -0.385. The summed E-state index contributed by atoms with van der Waals surface area (Å²) >= 11 is 0. The first-order valence-corrected chi connectivity index (χ1v) is 8.24. The molecule has 1 saturated heterocycles. The van der Waals surface area contributed by atoms with Crippen LogP contribution in [-0.2, 0) is 10.0 Å². The second-order valence-corrected chi connectivity index (χ2v) is 7.08. The summed E-state index contributed by atoms with van der Waals surface area (Å²) in [5, 5.41) is 14.2. The van der Waals surface area contributed by atoms with Crippen molar-refractivity contribution in [3.05, 3.63) is 33.4 Å². The summed E-state index contributed by atoms with van der Waals surface area (Å²) < 4.78 is 26.8. The highest BCUT2D eigenvalue weighted by Crippen LogP contribution is 2.28. The molecule has 9 heteroatoms. The highest BCUT2D eigenvalue weighted by Gasteiger charge is 2.29. The van der Waals surface area contributed by atoms with Gasteiger partial charge in [-0.2, -0.15) is 4.31 Å². The van der Waals surface area contributed by atoms with E-state index in [1.54, 1.807) is 19.9 Å². The lowest BCUT2D eigenvalue weighted by Gasteiger charge is -2.21. The number of nitrogens with zero attached hydrogens (tertiary/aromatic N) is 2. The fourth-order valence-electron chi connectivity index (χ4n) is 2.50. The molecule has 1 N–H and O–H groups in total. The van der Waals surface area contributed by atoms with E-state index in [0.29, 0.717) is 30.8 Å². The Balaban J connectivity index is 0.00000242. The van der Waals surface area contributed by atoms with Gasteiger partial charge in [0.05, 0.1) is 9.82 Å². The first-order valence-electron chi connectivity index (χ1n) is 6.80. The number of benzene rings is 1. The fourth-order valence-corrected chi connectivity index (χ4v) is 4.20. The van der Waals surface area contributed by atoms with Crippen LogP contribution >= 0.6 is 12.4 Å². The molecule has 0 atom stereocenters. The van der Waals surface area contributed by atoms with Gasteiger partial charge in [-0.3, -0.25) is 10.1 Å². The molecular weight excluding hydrogens is 330 g/mol. The molecule has 0 bridgehead atoms. The maximum Gasteiger partial charge on any atom is 0.273 e. The van der Waals surface area contributed by atoms with Crippen molar-refractivity contribution in [2.75, 3.05) is 26.2 Å². The number of sulfonamides is 1. The number of aryl methyl sites for hydroxylation is 2. The van der Waals surface area contributed by atoms with Crippen LogP contribution in [0.5, 0.6) is 0 Å². The summed E-state index contributed by atoms with van der Waals surface area (Å²) in [6.07, 6.45) is 0.728. The Hall–Kier alpha value is -1.22. The highest BCUT2D eigenvalue weighted by molar-refractivity contribution is 7.89. The number of rotatable bonds is 3. The SMILES string of the molecule is Cc1cc(C)c(S(=O)(=O)N2CCCNCC2)cc1[N+](=O)[O-].Cl. The number of nitrogens with one attached hydrogen (secondary N) is 1. The van der Waals surface area contributed by atoms with E-state index in [-0.39, 0.29) is 23.0 Å². The van der Waals surface area contributed by atoms with E-state index in [4.69, 9.17) is 0 Å². The smallest absolute Gasteiger partial charge is 0.273 e. The molecule has 1 aliphatic heterocycles. The highest BCUT2D eigenvalue weighted by atomic mass is 35.5. The molecule has 1 aliphatic rings. The van der Waals surface area contributed by atoms with Crippen LogP contribution in [0.4, 0.5) is 5.69 Å². The minimum Gasteiger partial charge on any atom is -0.315 e. The molecule has 0 amide bonds. The van der Waals surface area contributed by atoms with E-state index in [9.17, 15) is 18.5 Å². The second kappa shape index (κ2) is 7.36. The Morgan fingerprint density at radius 3 is 2.50 bits per heavy atom. The monoisotopic (exact) mass is 349 g/mol. The van der Waals surface area contributed by atoms with Gasteiger partial charge in [0.25, 0.3) is 5.69 Å². The van der Waals surface area contributed by atoms with Crippen molar-refractivity contribution in [3.8, 4) is 0 Å². The van der Waals surface area contributed by atoms with E-state index in [1.807, 2.05) is 0 Å². The molecule has 0 unspecified atom stereocenters. The summed E-state index contributed by atoms with van der Waals surface area (Å²) in [7, 11) is -3.70. The third-order valence-electron chi connectivity index (χ3n) is 3.61. The average molecular weight is 350 g/mol. The molecule has 1 fully saturated rings. The molecule has 124 valence electrons. The van der Waals surface area contributed by atoms with Crippen LogP contribution in [0.1, 0.15) is 17.5 Å². The van der Waals surface area contributed by atoms with Gasteiger partial charge in [-0.05, 0) is 38.4 Å². The molecule has 1 aromatic carbocycles. The lowest BCUT2D eigenvalue weighted by atomic mass is 10.1. The maximum absolute atomic E-state index is 12.7. The van der Waals surface area contributed by atoms with E-state index in [2.05, 4.69) is 5.32 Å². The third kappa shape index (κ3) is 3.75. The minimum absolute atomic E-state index is 0. The Morgan fingerprint density at radius 2 is 1.86 bits per heavy atom. The number of hydrogen-bond donors (Lipinski definition) is 1. The number of halogens is 1. The van der Waals surface area contributed by atoms with Gasteiger partial charge in [-0.15, -0.1) is 12.4 Å². The third-order valence-corrected chi connectivity index (χ3v) is 5.65. The average Bonchev–Trinajstić information content (AvgIpc) is 2.67. The van der Waals surface area contributed by atoms with Gasteiger partial charge in [0.1, 0.15) is 0 Å². The van der Waals surface area contributed by atoms with Crippen LogP contribution in [0.3, 0.4) is 0 Å². The van der Waals surface area contributed by atoms with Crippen molar-refractivity contribution >= 4 is 28.1 Å². The standard InChI is InChI=1S/C13H19N3O4S.ClH/c1-10-8-11(2)13(9-12(10)16(17)18)21(19,20)15-6-3-4-14-5-7-15;/h8-9,14H,3-7H2,1-2H3;1H. The minimum atomic E-state index is -3.70. The molecule has 0 saturated carbocycles. The number of nitro benzene ring substituents is 1. The Bertz CT molecular complexity index is 655. The normalized spacial score (nSPS) is 16.6. The maximum atomic E-state index is 12.7. The molecule has 7 nitrogen and oxygen atoms in total. The molecule has 0 aromatic heterocycles. The molecule has 1 heterocycles. The van der Waals surface area contributed by atoms with Crippen molar-refractivity contribution < 1.29 is 13.3 Å². The number of hydrogen-bond acceptors (Lipinski definition) is 5. The topological polar surface area (TPSA) is 92.6 Å². The summed E-state index contributed by atoms with van der Waals surface area (Å²) in [6.45, 7) is 5.45. The predicted molar refractivity (Wildman–Crippen MR) is 86.1 cm³/mol. The summed E-state index contributed by atoms with van der Waals surface area (Å²) in [5.74, 6) is 0. The lowest BCUT2D eigenvalue weighted by Crippen LogP contribution is -2.34. The van der Waals surface area contributed by atoms with Gasteiger partial charge >= 0.3 is 0 Å². The Labute approximate surface area is 136 Å². The van der Waals surface area contributed by atoms with Crippen molar-refractivity contribution in [2.45, 2.75) is 25.2 Å². The number of nitro groups is 1. The van der Waals surface area contributed by atoms with Crippen LogP contribution in [0.25, 0.3) is 0 Å². The predicted octanol–water partition coefficient (Wildman–Crippen LogP) is 1.62. The second-order valence-electron chi connectivity index (χ2n) is 5.17. The summed E-state index contributed by atoms with van der Waals surface area (Å²) in [4.78, 5) is 10.5. The van der Waals surface area contributed by atoms with Gasteiger partial charge in [0, 0.05) is 31.3 Å². The van der Waals surface area contributed by atoms with Gasteiger partial charge in [0.15, 0.2) is 0 Å². The molecule has 2 rings (SSSR count). The van der Waals surface area contributed by atoms with E-state index < -0.39 is 14.9 Å². The van der Waals surface area contributed by atoms with Crippen LogP contribution in [0.2, 0.25) is 0 Å². The van der Waals surface area contributed by atoms with Gasteiger partial charge < -0.3 is 5.32 Å². The van der Waals surface area contributed by atoms with Crippen molar-refractivity contribution in [3.63, 3.8) is 0 Å². The van der Waals surface area contributed by atoms with E-state index in [1.165, 1.54) is 10.4 Å². The van der Waals surface area contributed by atoms with Crippen LogP contribution in [0, 0.1) is 24.0 Å². The molecule has 0 aliphatic carbocycles. The van der Waals surface area contributed by atoms with Crippen LogP contribution < -0.4 is 5.32 Å². The van der Waals surface area contributed by atoms with E-state index >= 15 is 0 Å². The van der Waals surface area contributed by atoms with E-state index in [0.717, 1.165) is 13.0 Å². The zero-order valence-electron chi connectivity index (χ0n) is 12.5. The van der Waals surface area contributed by atoms with Gasteiger partial charge in [0.2, 0.25) is 10.0 Å². The van der Waals surface area contributed by atoms with Crippen LogP contribution in [-0.4, -0.2) is 43.8 Å². The zero-order valence-corrected chi connectivity index (χ0v) is 14.2. The first kappa shape index (κ1) is 18.8. The summed E-state index contributed by atoms with van der Waals surface area (Å²) in [6, 6.07) is 2.74. The molecule has 0 spiro atoms. The van der Waals surface area contributed by atoms with Crippen molar-refractivity contribution in [2.24, 2.45) is 0 Å². The largest absolute Gasteiger partial charge is 0.315 e. The first-order chi connectivity index (χ1) is 9.84. The molecular formula is C13H20ClN3O4S. The Kier molecular flexibility index (Phi) is 6.30.